The Balaban J connectivity index is 2.34. The van der Waals surface area contributed by atoms with Gasteiger partial charge in [-0.05, 0) is 12.1 Å². The van der Waals surface area contributed by atoms with E-state index in [1.165, 1.54) is 38.5 Å². The van der Waals surface area contributed by atoms with Gasteiger partial charge in [0.2, 0.25) is 5.95 Å². The monoisotopic (exact) mass is 411 g/mol. The van der Waals surface area contributed by atoms with Gasteiger partial charge in [-0.3, -0.25) is 5.32 Å². The summed E-state index contributed by atoms with van der Waals surface area (Å²) in [6.45, 7) is 0. The number of sulfonamides is 1. The van der Waals surface area contributed by atoms with Crippen molar-refractivity contribution in [1.82, 2.24) is 19.3 Å². The molecule has 0 saturated heterocycles. The molecule has 2 amide bonds. The number of carbonyl (C=O) groups is 2. The van der Waals surface area contributed by atoms with E-state index < -0.39 is 26.9 Å². The van der Waals surface area contributed by atoms with Gasteiger partial charge in [0, 0.05) is 7.05 Å². The summed E-state index contributed by atoms with van der Waals surface area (Å²) in [5.74, 6) is -1.16. The van der Waals surface area contributed by atoms with Crippen LogP contribution in [0.4, 0.5) is 10.7 Å². The molecule has 0 fully saturated rings. The summed E-state index contributed by atoms with van der Waals surface area (Å²) in [6.07, 6.45) is 0. The Hall–Kier alpha value is -3.48. The molecule has 0 saturated carbocycles. The first-order valence-electron chi connectivity index (χ1n) is 7.56. The molecule has 0 aliphatic carbocycles. The molecule has 2 rings (SSSR count). The molecular formula is C15H17N5O7S. The van der Waals surface area contributed by atoms with Gasteiger partial charge < -0.3 is 14.2 Å². The van der Waals surface area contributed by atoms with Gasteiger partial charge in [-0.15, -0.1) is 4.98 Å². The highest BCUT2D eigenvalue weighted by Crippen LogP contribution is 2.21. The number of nitrogens with zero attached hydrogens (tertiary/aromatic N) is 4. The van der Waals surface area contributed by atoms with Crippen molar-refractivity contribution in [3.63, 3.8) is 0 Å². The lowest BCUT2D eigenvalue weighted by Gasteiger charge is -2.19. The number of ether oxygens (including phenoxy) is 3. The first-order chi connectivity index (χ1) is 13.2. The molecule has 13 heteroatoms. The zero-order valence-electron chi connectivity index (χ0n) is 15.4. The molecule has 0 aliphatic heterocycles. The fraction of sp³-hybridized carbons (Fsp3) is 0.267. The van der Waals surface area contributed by atoms with Crippen LogP contribution in [-0.2, 0) is 14.8 Å². The molecule has 0 radical (unpaired) electrons. The van der Waals surface area contributed by atoms with Crippen LogP contribution in [0.3, 0.4) is 0 Å². The number of benzene rings is 1. The minimum Gasteiger partial charge on any atom is -0.467 e. The molecule has 150 valence electrons. The van der Waals surface area contributed by atoms with Crippen LogP contribution >= 0.6 is 0 Å². The van der Waals surface area contributed by atoms with Gasteiger partial charge in [0.25, 0.3) is 10.0 Å². The van der Waals surface area contributed by atoms with Crippen LogP contribution in [0.25, 0.3) is 0 Å². The van der Waals surface area contributed by atoms with E-state index in [0.29, 0.717) is 4.31 Å². The van der Waals surface area contributed by atoms with Crippen molar-refractivity contribution >= 4 is 28.0 Å². The number of esters is 1. The third-order valence-electron chi connectivity index (χ3n) is 3.40. The molecule has 0 bridgehead atoms. The summed E-state index contributed by atoms with van der Waals surface area (Å²) < 4.78 is 40.3. The lowest BCUT2D eigenvalue weighted by molar-refractivity contribution is 0.0596. The van der Waals surface area contributed by atoms with E-state index in [4.69, 9.17) is 9.47 Å². The van der Waals surface area contributed by atoms with Gasteiger partial charge in [-0.2, -0.15) is 9.97 Å². The second-order valence-electron chi connectivity index (χ2n) is 5.02. The maximum atomic E-state index is 12.8. The van der Waals surface area contributed by atoms with Gasteiger partial charge in [-0.25, -0.2) is 22.3 Å². The number of carbonyl (C=O) groups excluding carboxylic acids is 2. The first-order valence-corrected chi connectivity index (χ1v) is 9.00. The summed E-state index contributed by atoms with van der Waals surface area (Å²) in [5.41, 5.74) is -0.215. The van der Waals surface area contributed by atoms with Gasteiger partial charge in [0.1, 0.15) is 4.90 Å². The Bertz CT molecular complexity index is 974. The number of urea groups is 1. The Morgan fingerprint density at radius 3 is 2.11 bits per heavy atom. The van der Waals surface area contributed by atoms with Crippen LogP contribution in [0.1, 0.15) is 10.4 Å². The number of amides is 2. The summed E-state index contributed by atoms with van der Waals surface area (Å²) >= 11 is 0. The molecule has 1 N–H and O–H groups in total. The Morgan fingerprint density at radius 1 is 1.00 bits per heavy atom. The second kappa shape index (κ2) is 8.47. The van der Waals surface area contributed by atoms with E-state index in [-0.39, 0.29) is 23.5 Å². The number of aromatic nitrogens is 3. The van der Waals surface area contributed by atoms with E-state index >= 15 is 0 Å². The standard InChI is InChI=1S/C15H17N5O7S/c1-20(15(22)18-12-16-13(26-3)19-14(17-12)27-4)28(23,24)10-8-6-5-7-9(10)11(21)25-2/h5-8H,1-4H3,(H,16,17,18,19,22). The molecule has 12 nitrogen and oxygen atoms in total. The lowest BCUT2D eigenvalue weighted by atomic mass is 10.2. The van der Waals surface area contributed by atoms with E-state index in [2.05, 4.69) is 25.0 Å². The fourth-order valence-corrected chi connectivity index (χ4v) is 3.22. The maximum Gasteiger partial charge on any atom is 0.339 e. The van der Waals surface area contributed by atoms with Crippen LogP contribution in [0, 0.1) is 0 Å². The van der Waals surface area contributed by atoms with Crippen molar-refractivity contribution in [1.29, 1.82) is 0 Å². The number of hydrogen-bond donors (Lipinski definition) is 1. The van der Waals surface area contributed by atoms with Crippen LogP contribution in [-0.4, -0.2) is 68.1 Å². The van der Waals surface area contributed by atoms with Gasteiger partial charge in [-0.1, -0.05) is 12.1 Å². The second-order valence-corrected chi connectivity index (χ2v) is 6.96. The van der Waals surface area contributed by atoms with Crippen molar-refractivity contribution in [2.24, 2.45) is 0 Å². The quantitative estimate of drug-likeness (QED) is 0.667. The molecule has 0 unspecified atom stereocenters. The molecule has 1 aromatic carbocycles. The first kappa shape index (κ1) is 20.8. The molecule has 28 heavy (non-hydrogen) atoms. The highest BCUT2D eigenvalue weighted by molar-refractivity contribution is 7.89. The number of rotatable bonds is 6. The zero-order valence-corrected chi connectivity index (χ0v) is 16.2. The van der Waals surface area contributed by atoms with Crippen molar-refractivity contribution < 1.29 is 32.2 Å². The normalized spacial score (nSPS) is 10.7. The molecular weight excluding hydrogens is 394 g/mol. The average Bonchev–Trinajstić information content (AvgIpc) is 2.71. The summed E-state index contributed by atoms with van der Waals surface area (Å²) in [4.78, 5) is 35.2. The fourth-order valence-electron chi connectivity index (χ4n) is 1.98. The van der Waals surface area contributed by atoms with E-state index in [1.54, 1.807) is 0 Å². The number of methoxy groups -OCH3 is 3. The zero-order chi connectivity index (χ0) is 20.9. The van der Waals surface area contributed by atoms with Crippen molar-refractivity contribution in [2.45, 2.75) is 4.90 Å². The summed E-state index contributed by atoms with van der Waals surface area (Å²) in [5, 5.41) is 2.20. The van der Waals surface area contributed by atoms with Crippen molar-refractivity contribution in [2.75, 3.05) is 33.7 Å². The molecule has 1 heterocycles. The van der Waals surface area contributed by atoms with Gasteiger partial charge in [0.05, 0.1) is 26.9 Å². The number of nitrogens with one attached hydrogen (secondary N) is 1. The van der Waals surface area contributed by atoms with Gasteiger partial charge >= 0.3 is 24.0 Å². The third kappa shape index (κ3) is 4.25. The topological polar surface area (TPSA) is 150 Å². The predicted molar refractivity (Wildman–Crippen MR) is 94.7 cm³/mol. The van der Waals surface area contributed by atoms with E-state index in [0.717, 1.165) is 14.2 Å². The third-order valence-corrected chi connectivity index (χ3v) is 5.19. The summed E-state index contributed by atoms with van der Waals surface area (Å²) in [7, 11) is 0.319. The van der Waals surface area contributed by atoms with Crippen LogP contribution in [0.15, 0.2) is 29.2 Å². The Kier molecular flexibility index (Phi) is 6.30. The smallest absolute Gasteiger partial charge is 0.339 e. The van der Waals surface area contributed by atoms with Crippen molar-refractivity contribution in [3.05, 3.63) is 29.8 Å². The van der Waals surface area contributed by atoms with E-state index in [1.807, 2.05) is 0 Å². The largest absolute Gasteiger partial charge is 0.467 e. The summed E-state index contributed by atoms with van der Waals surface area (Å²) in [6, 6.07) is 3.94. The van der Waals surface area contributed by atoms with Crippen LogP contribution in [0.5, 0.6) is 12.0 Å². The lowest BCUT2D eigenvalue weighted by Crippen LogP contribution is -2.37. The molecule has 0 atom stereocenters. The molecule has 0 spiro atoms. The molecule has 1 aromatic heterocycles. The average molecular weight is 411 g/mol. The highest BCUT2D eigenvalue weighted by atomic mass is 32.2. The number of anilines is 1. The minimum absolute atomic E-state index is 0.149. The Morgan fingerprint density at radius 2 is 1.57 bits per heavy atom. The van der Waals surface area contributed by atoms with Crippen LogP contribution < -0.4 is 14.8 Å². The van der Waals surface area contributed by atoms with Crippen molar-refractivity contribution in [3.8, 4) is 12.0 Å². The van der Waals surface area contributed by atoms with Crippen LogP contribution in [0.2, 0.25) is 0 Å². The SMILES string of the molecule is COC(=O)c1ccccc1S(=O)(=O)N(C)C(=O)Nc1nc(OC)nc(OC)n1. The van der Waals surface area contributed by atoms with Gasteiger partial charge in [0.15, 0.2) is 0 Å². The Labute approximate surface area is 160 Å². The predicted octanol–water partition coefficient (Wildman–Crippen LogP) is 0.528. The maximum absolute atomic E-state index is 12.8. The highest BCUT2D eigenvalue weighted by Gasteiger charge is 2.30. The molecule has 0 aliphatic rings. The van der Waals surface area contributed by atoms with E-state index in [9.17, 15) is 18.0 Å². The number of hydrogen-bond acceptors (Lipinski definition) is 10. The molecule has 2 aromatic rings. The minimum atomic E-state index is -4.39.